The highest BCUT2D eigenvalue weighted by atomic mass is 32.1. The molecule has 2 aromatic rings. The zero-order valence-electron chi connectivity index (χ0n) is 13.5. The molecular weight excluding hydrogens is 308 g/mol. The molecule has 5 nitrogen and oxygen atoms in total. The number of benzene rings is 1. The summed E-state index contributed by atoms with van der Waals surface area (Å²) in [5, 5.41) is 5.48. The van der Waals surface area contributed by atoms with Gasteiger partial charge in [-0.25, -0.2) is 4.98 Å². The third kappa shape index (κ3) is 3.71. The monoisotopic (exact) mass is 330 g/mol. The second kappa shape index (κ2) is 7.10. The molecule has 1 saturated heterocycles. The molecule has 1 aliphatic rings. The molecule has 1 aliphatic heterocycles. The smallest absolute Gasteiger partial charge is 0.243 e. The first-order valence-corrected chi connectivity index (χ1v) is 8.73. The Hall–Kier alpha value is -1.92. The van der Waals surface area contributed by atoms with E-state index in [1.165, 1.54) is 22.6 Å². The molecule has 1 aromatic heterocycles. The Morgan fingerprint density at radius 2 is 2.26 bits per heavy atom. The van der Waals surface area contributed by atoms with Crippen molar-refractivity contribution in [3.05, 3.63) is 41.4 Å². The van der Waals surface area contributed by atoms with Crippen molar-refractivity contribution in [3.8, 4) is 0 Å². The van der Waals surface area contributed by atoms with Gasteiger partial charge in [0.05, 0.1) is 6.04 Å². The first-order valence-electron chi connectivity index (χ1n) is 7.85. The molecule has 122 valence electrons. The van der Waals surface area contributed by atoms with Crippen LogP contribution in [0.25, 0.3) is 0 Å². The maximum Gasteiger partial charge on any atom is 0.243 e. The molecule has 6 heteroatoms. The number of carbonyl (C=O) groups excluding carboxylic acids is 1. The number of rotatable bonds is 5. The fourth-order valence-electron chi connectivity index (χ4n) is 3.09. The lowest BCUT2D eigenvalue weighted by Crippen LogP contribution is -2.39. The standard InChI is InChI=1S/C17H22N4OS/c1-20(2)14-7-4-3-6-13(14)12-21-10-5-8-15(21)16(22)19-17-18-9-11-23-17/h3-4,6-7,9,11,15H,5,8,10,12H2,1-2H3,(H,18,19,22). The molecule has 0 radical (unpaired) electrons. The zero-order chi connectivity index (χ0) is 16.2. The van der Waals surface area contributed by atoms with Gasteiger partial charge in [-0.2, -0.15) is 0 Å². The molecule has 1 atom stereocenters. The average Bonchev–Trinajstić information content (AvgIpc) is 3.19. The third-order valence-corrected chi connectivity index (χ3v) is 4.86. The molecule has 1 N–H and O–H groups in total. The van der Waals surface area contributed by atoms with Crippen LogP contribution in [0.15, 0.2) is 35.8 Å². The Labute approximate surface area is 140 Å². The lowest BCUT2D eigenvalue weighted by atomic mass is 10.1. The number of para-hydroxylation sites is 1. The van der Waals surface area contributed by atoms with Gasteiger partial charge in [0.2, 0.25) is 5.91 Å². The molecule has 23 heavy (non-hydrogen) atoms. The Bertz CT molecular complexity index is 656. The van der Waals surface area contributed by atoms with Gasteiger partial charge in [-0.3, -0.25) is 9.69 Å². The average molecular weight is 330 g/mol. The normalized spacial score (nSPS) is 18.1. The van der Waals surface area contributed by atoms with Crippen molar-refractivity contribution in [2.45, 2.75) is 25.4 Å². The number of carbonyl (C=O) groups is 1. The van der Waals surface area contributed by atoms with Crippen LogP contribution in [0.1, 0.15) is 18.4 Å². The summed E-state index contributed by atoms with van der Waals surface area (Å²) in [6.07, 6.45) is 3.67. The fourth-order valence-corrected chi connectivity index (χ4v) is 3.62. The molecule has 0 spiro atoms. The minimum atomic E-state index is -0.0749. The number of likely N-dealkylation sites (tertiary alicyclic amines) is 1. The van der Waals surface area contributed by atoms with E-state index in [4.69, 9.17) is 0 Å². The first kappa shape index (κ1) is 16.0. The van der Waals surface area contributed by atoms with Crippen LogP contribution in [0.4, 0.5) is 10.8 Å². The van der Waals surface area contributed by atoms with Crippen molar-refractivity contribution in [1.82, 2.24) is 9.88 Å². The van der Waals surface area contributed by atoms with Gasteiger partial charge >= 0.3 is 0 Å². The Morgan fingerprint density at radius 1 is 1.43 bits per heavy atom. The lowest BCUT2D eigenvalue weighted by Gasteiger charge is -2.26. The van der Waals surface area contributed by atoms with E-state index in [0.29, 0.717) is 5.13 Å². The van der Waals surface area contributed by atoms with Crippen molar-refractivity contribution >= 4 is 28.1 Å². The maximum absolute atomic E-state index is 12.5. The van der Waals surface area contributed by atoms with Crippen molar-refractivity contribution in [2.24, 2.45) is 0 Å². The molecule has 1 fully saturated rings. The molecule has 3 rings (SSSR count). The molecule has 0 saturated carbocycles. The zero-order valence-corrected chi connectivity index (χ0v) is 14.3. The van der Waals surface area contributed by atoms with Gasteiger partial charge in [0.1, 0.15) is 0 Å². The van der Waals surface area contributed by atoms with E-state index < -0.39 is 0 Å². The van der Waals surface area contributed by atoms with Crippen molar-refractivity contribution in [1.29, 1.82) is 0 Å². The first-order chi connectivity index (χ1) is 11.1. The summed E-state index contributed by atoms with van der Waals surface area (Å²) in [4.78, 5) is 21.1. The molecule has 0 bridgehead atoms. The van der Waals surface area contributed by atoms with Gasteiger partial charge in [-0.15, -0.1) is 11.3 Å². The number of hydrogen-bond acceptors (Lipinski definition) is 5. The van der Waals surface area contributed by atoms with Crippen molar-refractivity contribution in [3.63, 3.8) is 0 Å². The third-order valence-electron chi connectivity index (χ3n) is 4.18. The molecule has 2 heterocycles. The number of aromatic nitrogens is 1. The van der Waals surface area contributed by atoms with Crippen LogP contribution in [0.5, 0.6) is 0 Å². The summed E-state index contributed by atoms with van der Waals surface area (Å²) in [6.45, 7) is 1.75. The van der Waals surface area contributed by atoms with E-state index in [0.717, 1.165) is 25.9 Å². The number of nitrogens with one attached hydrogen (secondary N) is 1. The predicted octanol–water partition coefficient (Wildman–Crippen LogP) is 2.81. The van der Waals surface area contributed by atoms with Crippen LogP contribution in [-0.4, -0.2) is 42.5 Å². The summed E-state index contributed by atoms with van der Waals surface area (Å²) in [5.41, 5.74) is 2.46. The Balaban J connectivity index is 1.71. The fraction of sp³-hybridized carbons (Fsp3) is 0.412. The molecule has 0 aliphatic carbocycles. The SMILES string of the molecule is CN(C)c1ccccc1CN1CCCC1C(=O)Nc1nccs1. The van der Waals surface area contributed by atoms with Crippen LogP contribution in [0.3, 0.4) is 0 Å². The highest BCUT2D eigenvalue weighted by molar-refractivity contribution is 7.13. The van der Waals surface area contributed by atoms with E-state index in [9.17, 15) is 4.79 Å². The molecular formula is C17H22N4OS. The lowest BCUT2D eigenvalue weighted by molar-refractivity contribution is -0.120. The van der Waals surface area contributed by atoms with Crippen molar-refractivity contribution in [2.75, 3.05) is 30.9 Å². The minimum absolute atomic E-state index is 0.0554. The van der Waals surface area contributed by atoms with Crippen LogP contribution in [-0.2, 0) is 11.3 Å². The van der Waals surface area contributed by atoms with Gasteiger partial charge in [-0.1, -0.05) is 18.2 Å². The van der Waals surface area contributed by atoms with E-state index in [-0.39, 0.29) is 11.9 Å². The van der Waals surface area contributed by atoms with Crippen LogP contribution in [0, 0.1) is 0 Å². The number of hydrogen-bond donors (Lipinski definition) is 1. The largest absolute Gasteiger partial charge is 0.377 e. The Morgan fingerprint density at radius 3 is 3.00 bits per heavy atom. The van der Waals surface area contributed by atoms with Gasteiger partial charge in [0, 0.05) is 37.9 Å². The molecule has 1 amide bonds. The van der Waals surface area contributed by atoms with Gasteiger partial charge in [0.25, 0.3) is 0 Å². The number of thiazole rings is 1. The summed E-state index contributed by atoms with van der Waals surface area (Å²) in [5.74, 6) is 0.0554. The van der Waals surface area contributed by atoms with Gasteiger partial charge in [0.15, 0.2) is 5.13 Å². The highest BCUT2D eigenvalue weighted by Crippen LogP contribution is 2.26. The second-order valence-corrected chi connectivity index (χ2v) is 6.87. The summed E-state index contributed by atoms with van der Waals surface area (Å²) < 4.78 is 0. The predicted molar refractivity (Wildman–Crippen MR) is 94.9 cm³/mol. The Kier molecular flexibility index (Phi) is 4.93. The number of nitrogens with zero attached hydrogens (tertiary/aromatic N) is 3. The number of amides is 1. The molecule has 1 aromatic carbocycles. The van der Waals surface area contributed by atoms with Gasteiger partial charge in [-0.05, 0) is 31.0 Å². The van der Waals surface area contributed by atoms with E-state index >= 15 is 0 Å². The minimum Gasteiger partial charge on any atom is -0.377 e. The van der Waals surface area contributed by atoms with Crippen LogP contribution in [0.2, 0.25) is 0 Å². The van der Waals surface area contributed by atoms with E-state index in [1.54, 1.807) is 6.20 Å². The highest BCUT2D eigenvalue weighted by Gasteiger charge is 2.31. The van der Waals surface area contributed by atoms with E-state index in [1.807, 2.05) is 5.38 Å². The van der Waals surface area contributed by atoms with Gasteiger partial charge < -0.3 is 10.2 Å². The molecule has 1 unspecified atom stereocenters. The van der Waals surface area contributed by atoms with Crippen molar-refractivity contribution < 1.29 is 4.79 Å². The number of anilines is 2. The summed E-state index contributed by atoms with van der Waals surface area (Å²) >= 11 is 1.45. The second-order valence-electron chi connectivity index (χ2n) is 5.98. The summed E-state index contributed by atoms with van der Waals surface area (Å²) in [7, 11) is 4.10. The van der Waals surface area contributed by atoms with E-state index in [2.05, 4.69) is 58.5 Å². The van der Waals surface area contributed by atoms with Crippen LogP contribution < -0.4 is 10.2 Å². The quantitative estimate of drug-likeness (QED) is 0.916. The summed E-state index contributed by atoms with van der Waals surface area (Å²) in [6, 6.07) is 8.30. The van der Waals surface area contributed by atoms with Crippen LogP contribution >= 0.6 is 11.3 Å². The topological polar surface area (TPSA) is 48.5 Å². The maximum atomic E-state index is 12.5.